The highest BCUT2D eigenvalue weighted by atomic mass is 32.3. The molecule has 0 unspecified atom stereocenters. The van der Waals surface area contributed by atoms with E-state index in [-0.39, 0.29) is 82.6 Å². The van der Waals surface area contributed by atoms with Crippen molar-refractivity contribution in [3.8, 4) is 40.1 Å². The van der Waals surface area contributed by atoms with E-state index in [9.17, 15) is 45.5 Å². The number of hydrogen-bond donors (Lipinski definition) is 2. The maximum atomic E-state index is 16.5. The largest absolute Gasteiger partial charge is 0.497 e. The van der Waals surface area contributed by atoms with Gasteiger partial charge < -0.3 is 18.4 Å². The van der Waals surface area contributed by atoms with Crippen molar-refractivity contribution in [1.29, 1.82) is 5.26 Å². The summed E-state index contributed by atoms with van der Waals surface area (Å²) in [5, 5.41) is -9.14. The van der Waals surface area contributed by atoms with Gasteiger partial charge in [0.05, 0.1) is 57.7 Å². The summed E-state index contributed by atoms with van der Waals surface area (Å²) in [5.41, 5.74) is -0.604. The van der Waals surface area contributed by atoms with Crippen LogP contribution < -0.4 is 50.9 Å². The van der Waals surface area contributed by atoms with Gasteiger partial charge in [-0.3, -0.25) is 0 Å². The summed E-state index contributed by atoms with van der Waals surface area (Å²) in [6.07, 6.45) is -2.39. The molecule has 12 rings (SSSR count). The highest BCUT2D eigenvalue weighted by Crippen LogP contribution is 2.53. The van der Waals surface area contributed by atoms with E-state index in [1.165, 1.54) is 18.7 Å². The Morgan fingerprint density at radius 3 is 1.35 bits per heavy atom. The number of aromatic nitrogens is 4. The van der Waals surface area contributed by atoms with Gasteiger partial charge in [-0.1, -0.05) is 187 Å². The van der Waals surface area contributed by atoms with Gasteiger partial charge in [-0.25, -0.2) is 53.2 Å². The maximum absolute atomic E-state index is 16.5. The number of halogens is 12. The maximum Gasteiger partial charge on any atom is 0.428 e. The van der Waals surface area contributed by atoms with Crippen LogP contribution in [0.15, 0.2) is 211 Å². The molecule has 0 spiro atoms. The van der Waals surface area contributed by atoms with Crippen LogP contribution in [0.4, 0.5) is 52.7 Å². The molecule has 0 saturated heterocycles. The van der Waals surface area contributed by atoms with Crippen LogP contribution >= 0.6 is 22.7 Å². The van der Waals surface area contributed by atoms with E-state index in [1.807, 2.05) is 0 Å². The van der Waals surface area contributed by atoms with Crippen LogP contribution in [0.5, 0.6) is 11.5 Å². The Labute approximate surface area is 628 Å². The smallest absolute Gasteiger partial charge is 0.428 e. The zero-order valence-electron chi connectivity index (χ0n) is 56.9. The number of nitriles is 1. The average Bonchev–Trinajstić information content (AvgIpc) is 1.51. The second-order valence-corrected chi connectivity index (χ2v) is 34.2. The standard InChI is InChI=1S/C72H52B2F12N8O10S6/c1-6-89-109(99,100)72(85,86)69(79,80)70(81,82)108(97,98)52-35-31-45(32-36-52)62-59-58(63(53(42-87)65-90-54-39-50(103-3)33-37-56(54)105-65)93(62)73(46-19-11-7-12-20-46)47-21-13-8-14-22-47)61(44-29-27-43(28-30-44)41-67(75,76)68(77,78)71(83,84)110(101,102)92-107(5,95)96)94(74(48-23-15-9-16-24-48)49-25-17-10-18-26-49)64(59)60(88-2)66-91-55-40-51(104-4)34-38-57(55)106-66/h7-40,89,92H,6,41H2,1,3-5H3/b63-53-,64-60+. The van der Waals surface area contributed by atoms with Gasteiger partial charge >= 0.3 is 47.2 Å². The molecule has 2 N–H and O–H groups in total. The van der Waals surface area contributed by atoms with Crippen LogP contribution in [-0.2, 0) is 46.3 Å². The Morgan fingerprint density at radius 1 is 0.536 bits per heavy atom. The van der Waals surface area contributed by atoms with Crippen LogP contribution in [0.3, 0.4) is 0 Å². The van der Waals surface area contributed by atoms with Gasteiger partial charge in [0.25, 0.3) is 20.0 Å². The Kier molecular flexibility index (Phi) is 21.0. The topological polar surface area (TPSA) is 243 Å². The van der Waals surface area contributed by atoms with Crippen molar-refractivity contribution in [2.75, 3.05) is 27.0 Å². The number of hydrogen-bond acceptors (Lipinski definition) is 15. The summed E-state index contributed by atoms with van der Waals surface area (Å²) in [6.45, 7) is 6.70. The molecule has 0 aliphatic heterocycles. The van der Waals surface area contributed by atoms with Crippen molar-refractivity contribution in [2.24, 2.45) is 0 Å². The minimum atomic E-state index is -7.22. The number of fused-ring (bicyclic) bond motifs is 3. The summed E-state index contributed by atoms with van der Waals surface area (Å²) in [7, 11) is -23.7. The van der Waals surface area contributed by atoms with Crippen LogP contribution in [0.1, 0.15) is 22.5 Å². The number of benzene rings is 8. The first-order chi connectivity index (χ1) is 51.8. The number of rotatable bonds is 26. The molecule has 18 nitrogen and oxygen atoms in total. The van der Waals surface area contributed by atoms with Crippen LogP contribution in [0.2, 0.25) is 0 Å². The molecule has 12 aromatic rings. The minimum absolute atomic E-state index is 0.00992. The van der Waals surface area contributed by atoms with Crippen molar-refractivity contribution in [2.45, 2.75) is 51.8 Å². The van der Waals surface area contributed by atoms with E-state index >= 15 is 52.7 Å². The highest BCUT2D eigenvalue weighted by Gasteiger charge is 2.82. The molecule has 8 aromatic carbocycles. The average molecular weight is 1630 g/mol. The van der Waals surface area contributed by atoms with Crippen molar-refractivity contribution in [1.82, 2.24) is 27.8 Å². The van der Waals surface area contributed by atoms with Crippen molar-refractivity contribution >= 4 is 141 Å². The number of nitrogens with zero attached hydrogens (tertiary/aromatic N) is 6. The number of alkyl halides is 12. The number of methoxy groups -OCH3 is 2. The molecule has 0 bridgehead atoms. The normalized spacial score (nSPS) is 13.6. The lowest BCUT2D eigenvalue weighted by Gasteiger charge is -2.32. The molecule has 0 amide bonds. The lowest BCUT2D eigenvalue weighted by molar-refractivity contribution is -0.278. The van der Waals surface area contributed by atoms with Gasteiger partial charge in [0.2, 0.25) is 25.6 Å². The molecule has 4 aromatic heterocycles. The second-order valence-electron chi connectivity index (χ2n) is 24.7. The first-order valence-corrected chi connectivity index (χ1v) is 40.1. The van der Waals surface area contributed by atoms with Gasteiger partial charge in [0.1, 0.15) is 33.2 Å². The molecule has 0 atom stereocenters. The summed E-state index contributed by atoms with van der Waals surface area (Å²) >= 11 is 1.92. The van der Waals surface area contributed by atoms with E-state index < -0.39 is 111 Å². The first-order valence-electron chi connectivity index (χ1n) is 32.1. The molecule has 566 valence electrons. The summed E-state index contributed by atoms with van der Waals surface area (Å²) in [4.78, 5) is 12.4. The number of thiazole rings is 2. The summed E-state index contributed by atoms with van der Waals surface area (Å²) < 4.78 is 311. The van der Waals surface area contributed by atoms with Gasteiger partial charge in [0.15, 0.2) is 0 Å². The van der Waals surface area contributed by atoms with E-state index in [2.05, 4.69) is 10.9 Å². The van der Waals surface area contributed by atoms with Crippen molar-refractivity contribution < 1.29 is 95.8 Å². The molecule has 110 heavy (non-hydrogen) atoms. The van der Waals surface area contributed by atoms with E-state index in [1.54, 1.807) is 162 Å². The lowest BCUT2D eigenvalue weighted by Crippen LogP contribution is -2.62. The zero-order valence-corrected chi connectivity index (χ0v) is 61.8. The van der Waals surface area contributed by atoms with Crippen LogP contribution in [0.25, 0.3) is 69.8 Å². The number of sulfone groups is 1. The van der Waals surface area contributed by atoms with E-state index in [0.29, 0.717) is 59.0 Å². The summed E-state index contributed by atoms with van der Waals surface area (Å²) in [6, 6.07) is 50.7. The van der Waals surface area contributed by atoms with E-state index in [4.69, 9.17) is 19.4 Å². The fourth-order valence-electron chi connectivity index (χ4n) is 12.7. The van der Waals surface area contributed by atoms with E-state index in [0.717, 1.165) is 70.7 Å². The third kappa shape index (κ3) is 13.5. The molecule has 0 aliphatic rings. The highest BCUT2D eigenvalue weighted by molar-refractivity contribution is 8.04. The van der Waals surface area contributed by atoms with Gasteiger partial charge in [0, 0.05) is 52.6 Å². The third-order valence-electron chi connectivity index (χ3n) is 17.7. The molecule has 38 heteroatoms. The summed E-state index contributed by atoms with van der Waals surface area (Å²) in [5.74, 6) is -19.5. The number of nitrogens with one attached hydrogen (secondary N) is 2. The Balaban J connectivity index is 1.34. The predicted octanol–water partition coefficient (Wildman–Crippen LogP) is 10.9. The fourth-order valence-corrected chi connectivity index (χ4v) is 19.4. The zero-order chi connectivity index (χ0) is 79.7. The third-order valence-corrected chi connectivity index (χ3v) is 26.2. The van der Waals surface area contributed by atoms with Crippen molar-refractivity contribution in [3.63, 3.8) is 0 Å². The van der Waals surface area contributed by atoms with Crippen LogP contribution in [0, 0.1) is 17.9 Å². The SMILES string of the molecule is [C-]#[N+]/C(c1nc2cc(OC)ccc2s1)=c1\c2c(-c3ccc(S(=O)(=O)C(F)(F)C(F)(F)C(F)(F)S(=O)(=O)NCC)cc3)n(B(c3ccccc3)c3ccccc3)/c(=C(/C#N)c3nc4cc(OC)ccc4s3)c2c(-c2ccc(CC(F)(F)C(F)(F)C(F)(F)S(=O)(=O)NS(C)(=O)=O)cc2)n1B(c1ccccc1)c1ccccc1. The number of ether oxygens (including phenoxy) is 2. The van der Waals surface area contributed by atoms with Gasteiger partial charge in [-0.2, -0.15) is 57.9 Å². The fraction of sp³-hybridized carbons (Fsp3) is 0.167. The Hall–Kier alpha value is -10.3. The Bertz CT molecular complexity index is 6120. The molecular formula is C72H52B2F12N8O10S6. The van der Waals surface area contributed by atoms with Gasteiger partial charge in [-0.05, 0) is 53.1 Å². The predicted molar refractivity (Wildman–Crippen MR) is 396 cm³/mol. The molecule has 4 heterocycles. The van der Waals surface area contributed by atoms with Gasteiger partial charge in [-0.15, -0.1) is 26.8 Å². The van der Waals surface area contributed by atoms with Crippen molar-refractivity contribution in [3.05, 3.63) is 244 Å². The Morgan fingerprint density at radius 2 is 0.936 bits per heavy atom. The molecular weight excluding hydrogens is 1580 g/mol. The molecule has 0 fully saturated rings. The second kappa shape index (κ2) is 29.2. The lowest BCUT2D eigenvalue weighted by atomic mass is 9.50. The monoisotopic (exact) mass is 1630 g/mol. The number of sulfonamides is 3. The molecule has 0 aliphatic carbocycles. The first kappa shape index (κ1) is 79.2. The quantitative estimate of drug-likeness (QED) is 0.0291. The minimum Gasteiger partial charge on any atom is -0.497 e. The molecule has 0 saturated carbocycles. The van der Waals surface area contributed by atoms with Crippen LogP contribution in [-0.4, -0.2) is 127 Å². The molecule has 0 radical (unpaired) electrons.